The van der Waals surface area contributed by atoms with Crippen LogP contribution in [0.4, 0.5) is 5.69 Å². The minimum Gasteiger partial charge on any atom is -0.495 e. The molecule has 1 heterocycles. The summed E-state index contributed by atoms with van der Waals surface area (Å²) in [4.78, 5) is 16.0. The smallest absolute Gasteiger partial charge is 0.257 e. The summed E-state index contributed by atoms with van der Waals surface area (Å²) in [5, 5.41) is 3.24. The van der Waals surface area contributed by atoms with E-state index in [-0.39, 0.29) is 5.91 Å². The molecule has 0 saturated heterocycles. The minimum absolute atomic E-state index is 0.280. The van der Waals surface area contributed by atoms with E-state index >= 15 is 0 Å². The Labute approximate surface area is 116 Å². The predicted molar refractivity (Wildman–Crippen MR) is 74.9 cm³/mol. The van der Waals surface area contributed by atoms with E-state index in [9.17, 15) is 4.79 Å². The summed E-state index contributed by atoms with van der Waals surface area (Å²) in [7, 11) is 1.52. The van der Waals surface area contributed by atoms with Gasteiger partial charge in [-0.3, -0.25) is 9.78 Å². The first-order chi connectivity index (χ1) is 9.10. The van der Waals surface area contributed by atoms with Crippen molar-refractivity contribution in [2.24, 2.45) is 0 Å². The third-order valence-corrected chi connectivity index (χ3v) is 2.90. The monoisotopic (exact) mass is 276 g/mol. The molecule has 1 aromatic carbocycles. The van der Waals surface area contributed by atoms with Gasteiger partial charge < -0.3 is 10.1 Å². The number of nitrogens with one attached hydrogen (secondary N) is 1. The number of benzene rings is 1. The maximum absolute atomic E-state index is 12.1. The van der Waals surface area contributed by atoms with Gasteiger partial charge in [0.05, 0.1) is 29.6 Å². The Kier molecular flexibility index (Phi) is 4.02. The lowest BCUT2D eigenvalue weighted by atomic mass is 10.2. The summed E-state index contributed by atoms with van der Waals surface area (Å²) < 4.78 is 5.03. The number of carbonyl (C=O) groups is 1. The van der Waals surface area contributed by atoms with E-state index in [2.05, 4.69) is 10.3 Å². The molecule has 1 aromatic heterocycles. The van der Waals surface area contributed by atoms with Crippen LogP contribution in [0.3, 0.4) is 0 Å². The highest BCUT2D eigenvalue weighted by Crippen LogP contribution is 2.23. The zero-order chi connectivity index (χ0) is 13.8. The summed E-state index contributed by atoms with van der Waals surface area (Å²) in [6.07, 6.45) is 3.01. The van der Waals surface area contributed by atoms with Crippen molar-refractivity contribution < 1.29 is 9.53 Å². The van der Waals surface area contributed by atoms with Gasteiger partial charge in [0.2, 0.25) is 0 Å². The zero-order valence-corrected chi connectivity index (χ0v) is 11.4. The Morgan fingerprint density at radius 3 is 2.79 bits per heavy atom. The van der Waals surface area contributed by atoms with Crippen LogP contribution in [0.1, 0.15) is 15.9 Å². The van der Waals surface area contributed by atoms with Crippen molar-refractivity contribution in [3.8, 4) is 5.75 Å². The first kappa shape index (κ1) is 13.4. The largest absolute Gasteiger partial charge is 0.495 e. The van der Waals surface area contributed by atoms with Crippen molar-refractivity contribution in [3.63, 3.8) is 0 Å². The van der Waals surface area contributed by atoms with Crippen molar-refractivity contribution >= 4 is 23.2 Å². The molecule has 19 heavy (non-hydrogen) atoms. The van der Waals surface area contributed by atoms with Crippen LogP contribution in [-0.2, 0) is 0 Å². The standard InChI is InChI=1S/C14H13ClN2O2/c1-9-3-4-13(12(15)5-9)17-14(18)10-6-11(19-2)8-16-7-10/h3-8H,1-2H3,(H,17,18). The average Bonchev–Trinajstić information content (AvgIpc) is 2.42. The van der Waals surface area contributed by atoms with Gasteiger partial charge in [0.15, 0.2) is 0 Å². The Balaban J connectivity index is 2.20. The van der Waals surface area contributed by atoms with Crippen LogP contribution in [0.25, 0.3) is 0 Å². The molecule has 0 fully saturated rings. The second-order valence-corrected chi connectivity index (χ2v) is 4.46. The molecule has 0 saturated carbocycles. The molecule has 0 spiro atoms. The van der Waals surface area contributed by atoms with Crippen LogP contribution < -0.4 is 10.1 Å². The molecular formula is C14H13ClN2O2. The highest BCUT2D eigenvalue weighted by atomic mass is 35.5. The fraction of sp³-hybridized carbons (Fsp3) is 0.143. The average molecular weight is 277 g/mol. The number of hydrogen-bond donors (Lipinski definition) is 1. The molecule has 1 amide bonds. The number of pyridine rings is 1. The van der Waals surface area contributed by atoms with Crippen LogP contribution in [-0.4, -0.2) is 18.0 Å². The summed E-state index contributed by atoms with van der Waals surface area (Å²) in [6.45, 7) is 1.93. The molecule has 0 atom stereocenters. The second-order valence-electron chi connectivity index (χ2n) is 4.05. The number of halogens is 1. The lowest BCUT2D eigenvalue weighted by molar-refractivity contribution is 0.102. The quantitative estimate of drug-likeness (QED) is 0.936. The second kappa shape index (κ2) is 5.71. The molecule has 0 aliphatic rings. The van der Waals surface area contributed by atoms with E-state index in [4.69, 9.17) is 16.3 Å². The lowest BCUT2D eigenvalue weighted by Crippen LogP contribution is -2.12. The van der Waals surface area contributed by atoms with Crippen molar-refractivity contribution in [3.05, 3.63) is 52.8 Å². The van der Waals surface area contributed by atoms with Gasteiger partial charge in [-0.1, -0.05) is 17.7 Å². The third-order valence-electron chi connectivity index (χ3n) is 2.58. The van der Waals surface area contributed by atoms with Crippen molar-refractivity contribution in [2.45, 2.75) is 6.92 Å². The Bertz CT molecular complexity index is 614. The summed E-state index contributed by atoms with van der Waals surface area (Å²) >= 11 is 6.06. The van der Waals surface area contributed by atoms with Crippen molar-refractivity contribution in [1.82, 2.24) is 4.98 Å². The molecule has 2 rings (SSSR count). The van der Waals surface area contributed by atoms with Crippen LogP contribution >= 0.6 is 11.6 Å². The van der Waals surface area contributed by atoms with Crippen molar-refractivity contribution in [1.29, 1.82) is 0 Å². The molecule has 5 heteroatoms. The normalized spacial score (nSPS) is 10.1. The first-order valence-electron chi connectivity index (χ1n) is 5.66. The van der Waals surface area contributed by atoms with E-state index in [1.165, 1.54) is 19.5 Å². The number of hydrogen-bond acceptors (Lipinski definition) is 3. The molecule has 0 bridgehead atoms. The molecule has 1 N–H and O–H groups in total. The van der Waals surface area contributed by atoms with E-state index < -0.39 is 0 Å². The van der Waals surface area contributed by atoms with Gasteiger partial charge in [0.1, 0.15) is 5.75 Å². The maximum atomic E-state index is 12.1. The molecule has 0 aliphatic carbocycles. The number of methoxy groups -OCH3 is 1. The van der Waals surface area contributed by atoms with Crippen LogP contribution in [0.15, 0.2) is 36.7 Å². The lowest BCUT2D eigenvalue weighted by Gasteiger charge is -2.08. The molecule has 0 aliphatic heterocycles. The predicted octanol–water partition coefficient (Wildman–Crippen LogP) is 3.30. The number of anilines is 1. The van der Waals surface area contributed by atoms with Gasteiger partial charge >= 0.3 is 0 Å². The zero-order valence-electron chi connectivity index (χ0n) is 10.6. The summed E-state index contributed by atoms with van der Waals surface area (Å²) in [6, 6.07) is 7.06. The topological polar surface area (TPSA) is 51.2 Å². The van der Waals surface area contributed by atoms with E-state index in [0.717, 1.165) is 5.56 Å². The molecular weight excluding hydrogens is 264 g/mol. The Morgan fingerprint density at radius 1 is 1.32 bits per heavy atom. The number of ether oxygens (including phenoxy) is 1. The third kappa shape index (κ3) is 3.23. The molecule has 0 radical (unpaired) electrons. The van der Waals surface area contributed by atoms with E-state index in [0.29, 0.717) is 22.0 Å². The van der Waals surface area contributed by atoms with Gasteiger partial charge in [-0.25, -0.2) is 0 Å². The Hall–Kier alpha value is -2.07. The van der Waals surface area contributed by atoms with Crippen molar-refractivity contribution in [2.75, 3.05) is 12.4 Å². The minimum atomic E-state index is -0.280. The first-order valence-corrected chi connectivity index (χ1v) is 6.04. The van der Waals surface area contributed by atoms with Gasteiger partial charge in [-0.15, -0.1) is 0 Å². The van der Waals surface area contributed by atoms with Gasteiger partial charge in [-0.05, 0) is 30.7 Å². The molecule has 0 unspecified atom stereocenters. The molecule has 4 nitrogen and oxygen atoms in total. The summed E-state index contributed by atoms with van der Waals surface area (Å²) in [5.41, 5.74) is 2.02. The van der Waals surface area contributed by atoms with Gasteiger partial charge in [0.25, 0.3) is 5.91 Å². The van der Waals surface area contributed by atoms with Crippen LogP contribution in [0.2, 0.25) is 5.02 Å². The number of rotatable bonds is 3. The van der Waals surface area contributed by atoms with Crippen LogP contribution in [0.5, 0.6) is 5.75 Å². The number of nitrogens with zero attached hydrogens (tertiary/aromatic N) is 1. The number of aromatic nitrogens is 1. The van der Waals surface area contributed by atoms with Crippen LogP contribution in [0, 0.1) is 6.92 Å². The summed E-state index contributed by atoms with van der Waals surface area (Å²) in [5.74, 6) is 0.250. The number of carbonyl (C=O) groups excluding carboxylic acids is 1. The highest BCUT2D eigenvalue weighted by molar-refractivity contribution is 6.34. The molecule has 2 aromatic rings. The fourth-order valence-electron chi connectivity index (χ4n) is 1.57. The van der Waals surface area contributed by atoms with E-state index in [1.807, 2.05) is 13.0 Å². The number of aryl methyl sites for hydroxylation is 1. The Morgan fingerprint density at radius 2 is 2.11 bits per heavy atom. The fourth-order valence-corrected chi connectivity index (χ4v) is 1.85. The van der Waals surface area contributed by atoms with Gasteiger partial charge in [0, 0.05) is 6.20 Å². The number of amides is 1. The maximum Gasteiger partial charge on any atom is 0.257 e. The molecule has 98 valence electrons. The highest BCUT2D eigenvalue weighted by Gasteiger charge is 2.09. The van der Waals surface area contributed by atoms with Gasteiger partial charge in [-0.2, -0.15) is 0 Å². The SMILES string of the molecule is COc1cncc(C(=O)Nc2ccc(C)cc2Cl)c1. The van der Waals surface area contributed by atoms with E-state index in [1.54, 1.807) is 18.2 Å².